The Morgan fingerprint density at radius 1 is 1.08 bits per heavy atom. The van der Waals surface area contributed by atoms with Crippen molar-refractivity contribution < 1.29 is 41.5 Å². The van der Waals surface area contributed by atoms with Crippen LogP contribution < -0.4 is 30.5 Å². The van der Waals surface area contributed by atoms with E-state index in [2.05, 4.69) is 25.8 Å². The molecule has 3 N–H and O–H groups in total. The first-order valence-electron chi connectivity index (χ1n) is 19.2. The molecule has 0 radical (unpaired) electrons. The Kier molecular flexibility index (Phi) is 12.9. The highest BCUT2D eigenvalue weighted by Crippen LogP contribution is 2.40. The first-order chi connectivity index (χ1) is 28.0. The maximum absolute atomic E-state index is 13.8. The van der Waals surface area contributed by atoms with Crippen LogP contribution in [0.4, 0.5) is 40.3 Å². The van der Waals surface area contributed by atoms with Crippen LogP contribution in [0.2, 0.25) is 0 Å². The number of piperidine rings is 2. The molecule has 2 unspecified atom stereocenters. The van der Waals surface area contributed by atoms with Crippen LogP contribution in [0.25, 0.3) is 0 Å². The number of amides is 4. The Bertz CT molecular complexity index is 2170. The van der Waals surface area contributed by atoms with Crippen LogP contribution in [-0.2, 0) is 31.8 Å². The van der Waals surface area contributed by atoms with Crippen molar-refractivity contribution in [2.75, 3.05) is 46.8 Å². The smallest absolute Gasteiger partial charge is 0.419 e. The van der Waals surface area contributed by atoms with Crippen molar-refractivity contribution >= 4 is 63.7 Å². The minimum atomic E-state index is -4.89. The highest BCUT2D eigenvalue weighted by molar-refractivity contribution is 7.81. The van der Waals surface area contributed by atoms with Crippen molar-refractivity contribution in [2.24, 2.45) is 5.92 Å². The number of carbonyl (C=O) groups excluding carboxylic acids is 4. The number of likely N-dealkylation sites (tertiary alicyclic amines) is 1. The topological polar surface area (TPSA) is 160 Å². The molecule has 3 aromatic rings. The van der Waals surface area contributed by atoms with Gasteiger partial charge in [0.25, 0.3) is 5.91 Å². The average Bonchev–Trinajstić information content (AvgIpc) is 3.37. The number of anilines is 4. The number of carbonyl (C=O) groups is 4. The third-order valence-corrected chi connectivity index (χ3v) is 11.3. The summed E-state index contributed by atoms with van der Waals surface area (Å²) in [6.07, 6.45) is -0.839. The number of thiocarbonyl (C=S) groups is 1. The molecule has 0 bridgehead atoms. The lowest BCUT2D eigenvalue weighted by molar-refractivity contribution is -0.138. The molecule has 3 saturated heterocycles. The molecule has 6 rings (SSSR count). The largest absolute Gasteiger partial charge is 0.493 e. The number of pyridine rings is 1. The molecule has 2 atom stereocenters. The minimum Gasteiger partial charge on any atom is -0.493 e. The molecule has 0 aliphatic carbocycles. The second-order valence-electron chi connectivity index (χ2n) is 15.3. The molecule has 3 fully saturated rings. The van der Waals surface area contributed by atoms with Crippen LogP contribution in [0.1, 0.15) is 69.7 Å². The third-order valence-electron chi connectivity index (χ3n) is 10.9. The number of hydrogen-bond donors (Lipinski definition) is 3. The van der Waals surface area contributed by atoms with E-state index in [4.69, 9.17) is 22.2 Å². The summed E-state index contributed by atoms with van der Waals surface area (Å²) in [5, 5.41) is 17.5. The number of ether oxygens (including phenoxy) is 1. The fourth-order valence-corrected chi connectivity index (χ4v) is 8.10. The number of nitriles is 1. The van der Waals surface area contributed by atoms with Crippen molar-refractivity contribution in [1.82, 2.24) is 15.2 Å². The van der Waals surface area contributed by atoms with E-state index in [1.165, 1.54) is 11.0 Å². The number of imide groups is 1. The van der Waals surface area contributed by atoms with Crippen LogP contribution >= 0.6 is 12.2 Å². The Hall–Kier alpha value is -5.67. The van der Waals surface area contributed by atoms with Crippen LogP contribution in [0.5, 0.6) is 5.75 Å². The van der Waals surface area contributed by atoms with Gasteiger partial charge >= 0.3 is 6.18 Å². The minimum absolute atomic E-state index is 0.00926. The summed E-state index contributed by atoms with van der Waals surface area (Å²) in [6.45, 7) is 6.08. The first-order valence-corrected chi connectivity index (χ1v) is 19.7. The van der Waals surface area contributed by atoms with Gasteiger partial charge in [-0.25, -0.2) is 4.98 Å². The van der Waals surface area contributed by atoms with Gasteiger partial charge in [0.05, 0.1) is 36.8 Å². The van der Waals surface area contributed by atoms with Gasteiger partial charge in [-0.15, -0.1) is 0 Å². The second kappa shape index (κ2) is 17.7. The van der Waals surface area contributed by atoms with Gasteiger partial charge in [0, 0.05) is 29.9 Å². The summed E-state index contributed by atoms with van der Waals surface area (Å²) in [4.78, 5) is 58.7. The number of aromatic nitrogens is 1. The van der Waals surface area contributed by atoms with Crippen LogP contribution in [0.15, 0.2) is 54.7 Å². The maximum atomic E-state index is 13.8. The van der Waals surface area contributed by atoms with Crippen LogP contribution in [-0.4, -0.2) is 82.6 Å². The van der Waals surface area contributed by atoms with Crippen molar-refractivity contribution in [1.29, 1.82) is 5.26 Å². The maximum Gasteiger partial charge on any atom is 0.419 e. The number of rotatable bonds is 13. The van der Waals surface area contributed by atoms with Gasteiger partial charge in [0.15, 0.2) is 10.8 Å². The lowest BCUT2D eigenvalue weighted by atomic mass is 9.93. The zero-order chi connectivity index (χ0) is 42.6. The molecule has 312 valence electrons. The molecule has 4 heterocycles. The number of halogens is 4. The summed E-state index contributed by atoms with van der Waals surface area (Å²) in [7, 11) is 0. The molecule has 1 aromatic heterocycles. The van der Waals surface area contributed by atoms with Crippen molar-refractivity contribution in [3.63, 3.8) is 0 Å². The predicted molar refractivity (Wildman–Crippen MR) is 215 cm³/mol. The van der Waals surface area contributed by atoms with Gasteiger partial charge in [-0.05, 0) is 126 Å². The molecule has 18 heteroatoms. The van der Waals surface area contributed by atoms with Crippen LogP contribution in [0.3, 0.4) is 0 Å². The fourth-order valence-electron chi connectivity index (χ4n) is 7.58. The summed E-state index contributed by atoms with van der Waals surface area (Å²) in [5.41, 5.74) is -1.51. The van der Waals surface area contributed by atoms with E-state index in [1.807, 2.05) is 6.92 Å². The van der Waals surface area contributed by atoms with Gasteiger partial charge in [0.1, 0.15) is 23.4 Å². The lowest BCUT2D eigenvalue weighted by Crippen LogP contribution is -2.47. The van der Waals surface area contributed by atoms with Crippen molar-refractivity contribution in [3.8, 4) is 11.8 Å². The fraction of sp³-hybridized carbons (Fsp3) is 0.439. The number of nitrogens with one attached hydrogen (secondary N) is 3. The SMILES string of the molecule is CC(C(=O)Nc1cccc(NC2CCC(=O)NC2=O)c1)N1CCC(CCOc2ccc(N3C(=S)N(c4cnc(C#N)c(C(F)(F)F)c4)C(=O)C3(C)C)cc2CCF)CC1. The Labute approximate surface area is 344 Å². The molecule has 2 aromatic carbocycles. The predicted octanol–water partition coefficient (Wildman–Crippen LogP) is 6.13. The van der Waals surface area contributed by atoms with Gasteiger partial charge in [-0.1, -0.05) is 6.07 Å². The monoisotopic (exact) mass is 836 g/mol. The molecule has 0 saturated carbocycles. The van der Waals surface area contributed by atoms with E-state index in [0.29, 0.717) is 66.5 Å². The van der Waals surface area contributed by atoms with E-state index < -0.39 is 47.6 Å². The molecular formula is C41H44F4N8O5S. The van der Waals surface area contributed by atoms with E-state index in [-0.39, 0.29) is 41.4 Å². The summed E-state index contributed by atoms with van der Waals surface area (Å²) >= 11 is 5.64. The van der Waals surface area contributed by atoms with Crippen molar-refractivity contribution in [3.05, 3.63) is 71.5 Å². The Balaban J connectivity index is 1.02. The van der Waals surface area contributed by atoms with Gasteiger partial charge < -0.3 is 20.3 Å². The van der Waals surface area contributed by atoms with Gasteiger partial charge in [-0.3, -0.25) is 38.7 Å². The molecule has 13 nitrogen and oxygen atoms in total. The Morgan fingerprint density at radius 3 is 2.49 bits per heavy atom. The van der Waals surface area contributed by atoms with E-state index >= 15 is 0 Å². The molecule has 59 heavy (non-hydrogen) atoms. The zero-order valence-corrected chi connectivity index (χ0v) is 33.5. The highest BCUT2D eigenvalue weighted by Gasteiger charge is 2.51. The molecule has 3 aliphatic heterocycles. The van der Waals surface area contributed by atoms with Crippen LogP contribution in [0, 0.1) is 17.2 Å². The highest BCUT2D eigenvalue weighted by atomic mass is 32.1. The lowest BCUT2D eigenvalue weighted by Gasteiger charge is -2.35. The third kappa shape index (κ3) is 9.47. The van der Waals surface area contributed by atoms with E-state index in [0.717, 1.165) is 30.4 Å². The summed E-state index contributed by atoms with van der Waals surface area (Å²) in [5.74, 6) is -0.655. The number of aryl methyl sites for hydroxylation is 1. The average molecular weight is 837 g/mol. The normalized spacial score (nSPS) is 19.3. The first kappa shape index (κ1) is 42.9. The zero-order valence-electron chi connectivity index (χ0n) is 32.7. The van der Waals surface area contributed by atoms with Gasteiger partial charge in [0.2, 0.25) is 17.7 Å². The number of nitrogens with zero attached hydrogens (tertiary/aromatic N) is 5. The van der Waals surface area contributed by atoms with Crippen molar-refractivity contribution in [2.45, 2.75) is 83.1 Å². The molecule has 3 aliphatic rings. The summed E-state index contributed by atoms with van der Waals surface area (Å²) < 4.78 is 61.2. The van der Waals surface area contributed by atoms with E-state index in [1.54, 1.807) is 56.3 Å². The molecule has 0 spiro atoms. The van der Waals surface area contributed by atoms with Gasteiger partial charge in [-0.2, -0.15) is 18.4 Å². The molecular weight excluding hydrogens is 793 g/mol. The number of hydrogen-bond acceptors (Lipinski definition) is 10. The van der Waals surface area contributed by atoms with E-state index in [9.17, 15) is 36.7 Å². The Morgan fingerprint density at radius 2 is 1.81 bits per heavy atom. The quantitative estimate of drug-likeness (QED) is 0.103. The number of benzene rings is 2. The number of alkyl halides is 4. The molecule has 4 amide bonds. The second-order valence-corrected chi connectivity index (χ2v) is 15.6. The standard InChI is InChI=1S/C41H44F4N8O5S/c1-24(36(55)49-28-6-4-5-27(20-28)48-32-8-10-35(54)50-37(32)56)51-16-12-25(13-17-51)14-18-58-34-9-7-29(19-26(34)11-15-42)53-39(59)52(38(57)40(53,2)3)30-21-31(41(43,44)45)33(22-46)47-23-30/h4-7,9,19-21,23-25,32,48H,8,10-18H2,1-3H3,(H,49,55)(H,50,54,56). The summed E-state index contributed by atoms with van der Waals surface area (Å²) in [6, 6.07) is 13.2.